The molecule has 0 bridgehead atoms. The summed E-state index contributed by atoms with van der Waals surface area (Å²) in [6, 6.07) is 8.37. The standard InChI is InChI=1S/C34H23F9N2O/c1-2-3-4-5-18-16-44-33(45-17-18)20-7-9-23(26(36)11-20)19-6-8-24(25(35)10-19)21-12-27(37)31(28(38)13-21)34(42,43)46-22-14-29(39)32(41)30(40)15-22/h6-17H,2-5H2,1H3. The number of nitrogens with zero attached hydrogens (tertiary/aromatic N) is 2. The molecule has 0 N–H and O–H groups in total. The Labute approximate surface area is 257 Å². The van der Waals surface area contributed by atoms with Gasteiger partial charge in [-0.25, -0.2) is 40.7 Å². The van der Waals surface area contributed by atoms with Gasteiger partial charge in [-0.15, -0.1) is 0 Å². The largest absolute Gasteiger partial charge is 0.432 e. The number of aromatic nitrogens is 2. The average Bonchev–Trinajstić information content (AvgIpc) is 2.99. The van der Waals surface area contributed by atoms with Crippen molar-refractivity contribution in [2.24, 2.45) is 0 Å². The van der Waals surface area contributed by atoms with Crippen LogP contribution in [0.1, 0.15) is 37.3 Å². The van der Waals surface area contributed by atoms with Crippen LogP contribution in [-0.2, 0) is 12.5 Å². The Hall–Kier alpha value is -4.87. The predicted molar refractivity (Wildman–Crippen MR) is 152 cm³/mol. The monoisotopic (exact) mass is 646 g/mol. The maximum absolute atomic E-state index is 15.2. The number of alkyl halides is 2. The maximum atomic E-state index is 15.2. The molecule has 0 radical (unpaired) electrons. The summed E-state index contributed by atoms with van der Waals surface area (Å²) in [7, 11) is 0. The van der Waals surface area contributed by atoms with E-state index >= 15 is 8.78 Å². The second-order valence-corrected chi connectivity index (χ2v) is 10.4. The van der Waals surface area contributed by atoms with E-state index in [1.54, 1.807) is 18.5 Å². The summed E-state index contributed by atoms with van der Waals surface area (Å²) in [4.78, 5) is 8.60. The molecule has 12 heteroatoms. The fourth-order valence-electron chi connectivity index (χ4n) is 4.81. The summed E-state index contributed by atoms with van der Waals surface area (Å²) in [5.74, 6) is -12.1. The molecule has 5 rings (SSSR count). The lowest BCUT2D eigenvalue weighted by Gasteiger charge is -2.20. The van der Waals surface area contributed by atoms with Crippen LogP contribution in [0.15, 0.2) is 73.1 Å². The Kier molecular flexibility index (Phi) is 9.36. The van der Waals surface area contributed by atoms with Crippen LogP contribution in [0.5, 0.6) is 5.75 Å². The van der Waals surface area contributed by atoms with Crippen LogP contribution in [-0.4, -0.2) is 9.97 Å². The average molecular weight is 647 g/mol. The van der Waals surface area contributed by atoms with Gasteiger partial charge < -0.3 is 4.74 Å². The van der Waals surface area contributed by atoms with Crippen molar-refractivity contribution >= 4 is 0 Å². The zero-order valence-electron chi connectivity index (χ0n) is 24.0. The molecule has 5 aromatic rings. The van der Waals surface area contributed by atoms with Crippen molar-refractivity contribution in [3.63, 3.8) is 0 Å². The smallest absolute Gasteiger partial charge is 0.429 e. The number of rotatable bonds is 10. The van der Waals surface area contributed by atoms with Crippen molar-refractivity contribution in [2.75, 3.05) is 0 Å². The summed E-state index contributed by atoms with van der Waals surface area (Å²) in [6.07, 6.45) is 2.54. The van der Waals surface area contributed by atoms with Crippen molar-refractivity contribution in [3.05, 3.63) is 125 Å². The Balaban J connectivity index is 1.37. The zero-order chi connectivity index (χ0) is 33.2. The molecule has 0 aliphatic rings. The molecule has 0 aliphatic carbocycles. The van der Waals surface area contributed by atoms with Gasteiger partial charge >= 0.3 is 6.11 Å². The van der Waals surface area contributed by atoms with Crippen molar-refractivity contribution < 1.29 is 44.3 Å². The highest BCUT2D eigenvalue weighted by molar-refractivity contribution is 5.73. The van der Waals surface area contributed by atoms with E-state index in [0.717, 1.165) is 43.4 Å². The van der Waals surface area contributed by atoms with Gasteiger partial charge in [-0.05, 0) is 53.8 Å². The van der Waals surface area contributed by atoms with Crippen molar-refractivity contribution in [2.45, 2.75) is 38.7 Å². The van der Waals surface area contributed by atoms with E-state index in [1.807, 2.05) is 0 Å². The predicted octanol–water partition coefficient (Wildman–Crippen LogP) is 10.3. The first-order valence-electron chi connectivity index (χ1n) is 14.0. The lowest BCUT2D eigenvalue weighted by molar-refractivity contribution is -0.189. The summed E-state index contributed by atoms with van der Waals surface area (Å²) in [5.41, 5.74) is -1.39. The minimum absolute atomic E-state index is 0.00329. The maximum Gasteiger partial charge on any atom is 0.432 e. The first kappa shape index (κ1) is 32.5. The molecule has 0 saturated carbocycles. The van der Waals surface area contributed by atoms with E-state index in [-0.39, 0.29) is 23.3 Å². The molecule has 0 amide bonds. The molecule has 46 heavy (non-hydrogen) atoms. The summed E-state index contributed by atoms with van der Waals surface area (Å²) < 4.78 is 133. The molecule has 0 saturated heterocycles. The summed E-state index contributed by atoms with van der Waals surface area (Å²) >= 11 is 0. The van der Waals surface area contributed by atoms with Crippen LogP contribution in [0, 0.1) is 40.7 Å². The third kappa shape index (κ3) is 6.85. The number of unbranched alkanes of at least 4 members (excludes halogenated alkanes) is 2. The van der Waals surface area contributed by atoms with Gasteiger partial charge in [0.1, 0.15) is 34.6 Å². The van der Waals surface area contributed by atoms with Gasteiger partial charge in [0.05, 0.1) is 0 Å². The van der Waals surface area contributed by atoms with Crippen LogP contribution >= 0.6 is 0 Å². The van der Waals surface area contributed by atoms with Crippen molar-refractivity contribution in [1.29, 1.82) is 0 Å². The minimum Gasteiger partial charge on any atom is -0.429 e. The van der Waals surface area contributed by atoms with E-state index in [2.05, 4.69) is 21.6 Å². The molecular weight excluding hydrogens is 623 g/mol. The molecule has 238 valence electrons. The van der Waals surface area contributed by atoms with Gasteiger partial charge in [-0.3, -0.25) is 0 Å². The topological polar surface area (TPSA) is 35.0 Å². The fraction of sp³-hybridized carbons (Fsp3) is 0.176. The number of hydrogen-bond acceptors (Lipinski definition) is 3. The summed E-state index contributed by atoms with van der Waals surface area (Å²) in [6.45, 7) is 2.10. The quantitative estimate of drug-likeness (QED) is 0.0861. The first-order valence-corrected chi connectivity index (χ1v) is 14.0. The van der Waals surface area contributed by atoms with Crippen LogP contribution in [0.3, 0.4) is 0 Å². The second-order valence-electron chi connectivity index (χ2n) is 10.4. The van der Waals surface area contributed by atoms with E-state index in [4.69, 9.17) is 0 Å². The molecule has 4 aromatic carbocycles. The molecule has 1 heterocycles. The molecule has 0 unspecified atom stereocenters. The third-order valence-electron chi connectivity index (χ3n) is 7.13. The fourth-order valence-corrected chi connectivity index (χ4v) is 4.81. The van der Waals surface area contributed by atoms with Gasteiger partial charge in [-0.2, -0.15) is 8.78 Å². The molecule has 0 aliphatic heterocycles. The minimum atomic E-state index is -4.81. The Morgan fingerprint density at radius 3 is 1.70 bits per heavy atom. The lowest BCUT2D eigenvalue weighted by atomic mass is 9.97. The normalized spacial score (nSPS) is 11.6. The van der Waals surface area contributed by atoms with Gasteiger partial charge in [0, 0.05) is 41.2 Å². The first-order chi connectivity index (χ1) is 21.9. The molecule has 0 atom stereocenters. The zero-order valence-corrected chi connectivity index (χ0v) is 24.0. The molecular formula is C34H23F9N2O. The molecule has 3 nitrogen and oxygen atoms in total. The van der Waals surface area contributed by atoms with Crippen molar-refractivity contribution in [3.8, 4) is 39.4 Å². The summed E-state index contributed by atoms with van der Waals surface area (Å²) in [5, 5.41) is 0. The SMILES string of the molecule is CCCCCc1cnc(-c2ccc(-c3ccc(-c4cc(F)c(C(F)(F)Oc5cc(F)c(F)c(F)c5)c(F)c4)c(F)c3)c(F)c2)nc1. The Morgan fingerprint density at radius 1 is 0.609 bits per heavy atom. The van der Waals surface area contributed by atoms with Crippen LogP contribution in [0.4, 0.5) is 39.5 Å². The number of halogens is 9. The highest BCUT2D eigenvalue weighted by Crippen LogP contribution is 2.39. The Bertz CT molecular complexity index is 1850. The lowest BCUT2D eigenvalue weighted by Crippen LogP contribution is -2.25. The van der Waals surface area contributed by atoms with Crippen LogP contribution in [0.25, 0.3) is 33.6 Å². The van der Waals surface area contributed by atoms with Gasteiger partial charge in [0.15, 0.2) is 23.3 Å². The van der Waals surface area contributed by atoms with Crippen LogP contribution < -0.4 is 4.74 Å². The number of benzene rings is 4. The molecule has 0 spiro atoms. The Morgan fingerprint density at radius 2 is 1.13 bits per heavy atom. The highest BCUT2D eigenvalue weighted by Gasteiger charge is 2.41. The third-order valence-corrected chi connectivity index (χ3v) is 7.13. The second kappa shape index (κ2) is 13.2. The number of aryl methyl sites for hydroxylation is 1. The van der Waals surface area contributed by atoms with Gasteiger partial charge in [0.2, 0.25) is 0 Å². The highest BCUT2D eigenvalue weighted by atomic mass is 19.3. The molecule has 1 aromatic heterocycles. The van der Waals surface area contributed by atoms with Crippen LogP contribution in [0.2, 0.25) is 0 Å². The van der Waals surface area contributed by atoms with Gasteiger partial charge in [-0.1, -0.05) is 44.0 Å². The van der Waals surface area contributed by atoms with E-state index in [9.17, 15) is 30.7 Å². The van der Waals surface area contributed by atoms with Gasteiger partial charge in [0.25, 0.3) is 0 Å². The van der Waals surface area contributed by atoms with E-state index in [0.29, 0.717) is 23.5 Å². The van der Waals surface area contributed by atoms with E-state index in [1.165, 1.54) is 18.2 Å². The van der Waals surface area contributed by atoms with E-state index < -0.39 is 69.3 Å². The number of hydrogen-bond donors (Lipinski definition) is 0. The molecule has 0 fully saturated rings. The van der Waals surface area contributed by atoms with Crippen molar-refractivity contribution in [1.82, 2.24) is 9.97 Å². The number of ether oxygens (including phenoxy) is 1.